The first-order chi connectivity index (χ1) is 17.5. The highest BCUT2D eigenvalue weighted by molar-refractivity contribution is 7.97. The van der Waals surface area contributed by atoms with Crippen LogP contribution in [0.5, 0.6) is 5.75 Å². The van der Waals surface area contributed by atoms with Crippen LogP contribution in [0.25, 0.3) is 5.57 Å². The van der Waals surface area contributed by atoms with Gasteiger partial charge < -0.3 is 10.1 Å². The third-order valence-corrected chi connectivity index (χ3v) is 8.38. The molecule has 0 saturated heterocycles. The third kappa shape index (κ3) is 5.53. The molecule has 6 nitrogen and oxygen atoms in total. The number of sulfonamides is 1. The van der Waals surface area contributed by atoms with Crippen LogP contribution in [0.3, 0.4) is 0 Å². The number of hydrogen-bond donors (Lipinski definition) is 1. The summed E-state index contributed by atoms with van der Waals surface area (Å²) in [4.78, 5) is 13.2. The molecular weight excluding hydrogens is 508 g/mol. The van der Waals surface area contributed by atoms with Gasteiger partial charge >= 0.3 is 0 Å². The zero-order valence-electron chi connectivity index (χ0n) is 21.4. The van der Waals surface area contributed by atoms with E-state index in [-0.39, 0.29) is 30.0 Å². The van der Waals surface area contributed by atoms with Gasteiger partial charge in [0, 0.05) is 22.7 Å². The molecule has 3 aromatic rings. The molecular formula is C29H31ClN2O4S. The van der Waals surface area contributed by atoms with Crippen LogP contribution in [0.1, 0.15) is 44.4 Å². The average Bonchev–Trinajstić information content (AvgIpc) is 2.86. The van der Waals surface area contributed by atoms with Crippen molar-refractivity contribution in [3.63, 3.8) is 0 Å². The maximum absolute atomic E-state index is 13.7. The number of fused-ring (bicyclic) bond motifs is 1. The van der Waals surface area contributed by atoms with Crippen LogP contribution < -0.4 is 14.4 Å². The molecule has 37 heavy (non-hydrogen) atoms. The summed E-state index contributed by atoms with van der Waals surface area (Å²) in [6.45, 7) is 8.65. The lowest BCUT2D eigenvalue weighted by Gasteiger charge is -2.33. The second-order valence-electron chi connectivity index (χ2n) is 9.78. The monoisotopic (exact) mass is 538 g/mol. The summed E-state index contributed by atoms with van der Waals surface area (Å²) >= 11 is 6.31. The standard InChI is InChI=1S/C29H31ClN2O4S/c1-5-32-25-16-13-22(30)19-24(25)26(20-9-7-6-8-10-20)27(37(32,34)35)28(33)31-17-18-36-23-14-11-21(12-15-23)29(2,3)4/h6-16,19H,5,17-18H2,1-4H3,(H,31,33). The first-order valence-corrected chi connectivity index (χ1v) is 14.0. The number of rotatable bonds is 7. The van der Waals surface area contributed by atoms with Gasteiger partial charge in [0.15, 0.2) is 4.91 Å². The van der Waals surface area contributed by atoms with Gasteiger partial charge in [-0.1, -0.05) is 74.8 Å². The quantitative estimate of drug-likeness (QED) is 0.388. The molecule has 0 atom stereocenters. The van der Waals surface area contributed by atoms with E-state index in [2.05, 4.69) is 26.1 Å². The number of ether oxygens (including phenoxy) is 1. The molecule has 194 valence electrons. The maximum Gasteiger partial charge on any atom is 0.270 e. The van der Waals surface area contributed by atoms with Crippen molar-refractivity contribution >= 4 is 38.8 Å². The Morgan fingerprint density at radius 2 is 1.68 bits per heavy atom. The Morgan fingerprint density at radius 1 is 1.00 bits per heavy atom. The minimum absolute atomic E-state index is 0.0391. The zero-order chi connectivity index (χ0) is 26.8. The first kappa shape index (κ1) is 26.8. The Kier molecular flexibility index (Phi) is 7.67. The van der Waals surface area contributed by atoms with E-state index in [1.807, 2.05) is 30.3 Å². The highest BCUT2D eigenvalue weighted by Gasteiger charge is 2.40. The van der Waals surface area contributed by atoms with Gasteiger partial charge in [0.2, 0.25) is 0 Å². The van der Waals surface area contributed by atoms with Crippen LogP contribution >= 0.6 is 11.6 Å². The van der Waals surface area contributed by atoms with Crippen molar-refractivity contribution in [1.29, 1.82) is 0 Å². The number of hydrogen-bond acceptors (Lipinski definition) is 4. The SMILES string of the molecule is CCN1c2ccc(Cl)cc2C(c2ccccc2)=C(C(=O)NCCOc2ccc(C(C)(C)C)cc2)S1(=O)=O. The van der Waals surface area contributed by atoms with Crippen LogP contribution in [0.2, 0.25) is 5.02 Å². The molecule has 3 aromatic carbocycles. The van der Waals surface area contributed by atoms with Crippen molar-refractivity contribution in [2.45, 2.75) is 33.1 Å². The highest BCUT2D eigenvalue weighted by Crippen LogP contribution is 2.43. The minimum Gasteiger partial charge on any atom is -0.492 e. The van der Waals surface area contributed by atoms with Gasteiger partial charge in [-0.3, -0.25) is 9.10 Å². The van der Waals surface area contributed by atoms with E-state index in [1.54, 1.807) is 49.4 Å². The lowest BCUT2D eigenvalue weighted by Crippen LogP contribution is -2.42. The molecule has 1 heterocycles. The van der Waals surface area contributed by atoms with Crippen LogP contribution in [0, 0.1) is 0 Å². The fraction of sp³-hybridized carbons (Fsp3) is 0.276. The van der Waals surface area contributed by atoms with E-state index in [1.165, 1.54) is 9.87 Å². The fourth-order valence-corrected chi connectivity index (χ4v) is 6.29. The van der Waals surface area contributed by atoms with Crippen molar-refractivity contribution in [3.05, 3.63) is 99.4 Å². The Labute approximate surface area is 224 Å². The molecule has 0 bridgehead atoms. The molecule has 0 unspecified atom stereocenters. The number of carbonyl (C=O) groups excluding carboxylic acids is 1. The molecule has 0 fully saturated rings. The lowest BCUT2D eigenvalue weighted by molar-refractivity contribution is -0.116. The summed E-state index contributed by atoms with van der Waals surface area (Å²) in [6, 6.07) is 21.9. The van der Waals surface area contributed by atoms with Crippen LogP contribution in [0.4, 0.5) is 5.69 Å². The molecule has 0 aromatic heterocycles. The van der Waals surface area contributed by atoms with Crippen LogP contribution in [-0.4, -0.2) is 34.0 Å². The molecule has 0 aliphatic carbocycles. The van der Waals surface area contributed by atoms with Gasteiger partial charge in [-0.05, 0) is 53.8 Å². The van der Waals surface area contributed by atoms with E-state index < -0.39 is 15.9 Å². The second kappa shape index (κ2) is 10.6. The van der Waals surface area contributed by atoms with Crippen LogP contribution in [0.15, 0.2) is 77.7 Å². The van der Waals surface area contributed by atoms with Crippen LogP contribution in [-0.2, 0) is 20.2 Å². The van der Waals surface area contributed by atoms with E-state index in [9.17, 15) is 13.2 Å². The lowest BCUT2D eigenvalue weighted by atomic mass is 9.87. The second-order valence-corrected chi connectivity index (χ2v) is 12.0. The average molecular weight is 539 g/mol. The summed E-state index contributed by atoms with van der Waals surface area (Å²) in [7, 11) is -4.13. The molecule has 0 spiro atoms. The topological polar surface area (TPSA) is 75.7 Å². The van der Waals surface area contributed by atoms with E-state index in [0.29, 0.717) is 33.2 Å². The Bertz CT molecular complexity index is 1430. The van der Waals surface area contributed by atoms with E-state index in [0.717, 1.165) is 0 Å². The molecule has 0 saturated carbocycles. The number of halogens is 1. The largest absolute Gasteiger partial charge is 0.492 e. The molecule has 1 N–H and O–H groups in total. The molecule has 8 heteroatoms. The predicted octanol–water partition coefficient (Wildman–Crippen LogP) is 5.76. The van der Waals surface area contributed by atoms with Gasteiger partial charge in [-0.15, -0.1) is 0 Å². The molecule has 0 radical (unpaired) electrons. The molecule has 1 amide bonds. The number of benzene rings is 3. The highest BCUT2D eigenvalue weighted by atomic mass is 35.5. The van der Waals surface area contributed by atoms with Crippen molar-refractivity contribution in [2.24, 2.45) is 0 Å². The predicted molar refractivity (Wildman–Crippen MR) is 150 cm³/mol. The summed E-state index contributed by atoms with van der Waals surface area (Å²) in [5.41, 5.74) is 3.26. The van der Waals surface area contributed by atoms with Crippen molar-refractivity contribution in [1.82, 2.24) is 5.32 Å². The molecule has 1 aliphatic rings. The summed E-state index contributed by atoms with van der Waals surface area (Å²) in [6.07, 6.45) is 0. The minimum atomic E-state index is -4.13. The summed E-state index contributed by atoms with van der Waals surface area (Å²) in [5, 5.41) is 3.20. The number of anilines is 1. The Hall–Kier alpha value is -3.29. The molecule has 1 aliphatic heterocycles. The fourth-order valence-electron chi connectivity index (χ4n) is 4.34. The molecule has 4 rings (SSSR count). The number of carbonyl (C=O) groups is 1. The van der Waals surface area contributed by atoms with Crippen molar-refractivity contribution in [3.8, 4) is 5.75 Å². The van der Waals surface area contributed by atoms with E-state index >= 15 is 0 Å². The summed E-state index contributed by atoms with van der Waals surface area (Å²) in [5.74, 6) is -0.00735. The Morgan fingerprint density at radius 3 is 2.30 bits per heavy atom. The maximum atomic E-state index is 13.7. The van der Waals surface area contributed by atoms with Gasteiger partial charge in [0.25, 0.3) is 15.9 Å². The van der Waals surface area contributed by atoms with Gasteiger partial charge in [-0.2, -0.15) is 0 Å². The number of nitrogens with one attached hydrogen (secondary N) is 1. The van der Waals surface area contributed by atoms with Crippen molar-refractivity contribution in [2.75, 3.05) is 24.0 Å². The van der Waals surface area contributed by atoms with Gasteiger partial charge in [0.05, 0.1) is 12.2 Å². The zero-order valence-corrected chi connectivity index (χ0v) is 23.0. The smallest absolute Gasteiger partial charge is 0.270 e. The number of amides is 1. The van der Waals surface area contributed by atoms with Crippen molar-refractivity contribution < 1.29 is 17.9 Å². The summed E-state index contributed by atoms with van der Waals surface area (Å²) < 4.78 is 34.5. The van der Waals surface area contributed by atoms with E-state index in [4.69, 9.17) is 16.3 Å². The normalized spacial score (nSPS) is 14.8. The third-order valence-electron chi connectivity index (χ3n) is 6.20. The number of nitrogens with zero attached hydrogens (tertiary/aromatic N) is 1. The first-order valence-electron chi connectivity index (χ1n) is 12.2. The van der Waals surface area contributed by atoms with Gasteiger partial charge in [0.1, 0.15) is 12.4 Å². The Balaban J connectivity index is 1.63. The van der Waals surface area contributed by atoms with Gasteiger partial charge in [-0.25, -0.2) is 8.42 Å².